The number of aromatic nitrogens is 2. The Morgan fingerprint density at radius 3 is 2.94 bits per heavy atom. The van der Waals surface area contributed by atoms with Crippen molar-refractivity contribution in [3.8, 4) is 11.4 Å². The van der Waals surface area contributed by atoms with E-state index in [1.807, 2.05) is 38.2 Å². The summed E-state index contributed by atoms with van der Waals surface area (Å²) < 4.78 is 0. The molecule has 4 heteroatoms. The zero-order valence-electron chi connectivity index (χ0n) is 10.0. The van der Waals surface area contributed by atoms with Crippen molar-refractivity contribution in [1.82, 2.24) is 15.3 Å². The monoisotopic (exact) mass is 249 g/mol. The standard InChI is InChI=1S/C13H16ClN3/c1-9-12(6-7-15-2)17-13(16-9)10-4-3-5-11(14)8-10/h3-5,8,15H,6-7H2,1-2H3,(H,16,17). The van der Waals surface area contributed by atoms with Crippen LogP contribution in [-0.2, 0) is 6.42 Å². The Balaban J connectivity index is 2.28. The van der Waals surface area contributed by atoms with Gasteiger partial charge in [0.1, 0.15) is 5.82 Å². The van der Waals surface area contributed by atoms with Crippen LogP contribution in [0.4, 0.5) is 0 Å². The highest BCUT2D eigenvalue weighted by atomic mass is 35.5. The van der Waals surface area contributed by atoms with E-state index in [0.717, 1.165) is 40.8 Å². The number of aromatic amines is 1. The molecule has 0 saturated carbocycles. The van der Waals surface area contributed by atoms with Gasteiger partial charge in [-0.1, -0.05) is 23.7 Å². The number of halogens is 1. The molecule has 0 amide bonds. The molecular formula is C13H16ClN3. The molecule has 0 aliphatic carbocycles. The van der Waals surface area contributed by atoms with Gasteiger partial charge in [-0.15, -0.1) is 0 Å². The Morgan fingerprint density at radius 2 is 2.24 bits per heavy atom. The van der Waals surface area contributed by atoms with E-state index >= 15 is 0 Å². The molecule has 2 N–H and O–H groups in total. The van der Waals surface area contributed by atoms with Crippen LogP contribution in [-0.4, -0.2) is 23.6 Å². The molecule has 2 rings (SSSR count). The summed E-state index contributed by atoms with van der Waals surface area (Å²) in [4.78, 5) is 7.90. The zero-order valence-corrected chi connectivity index (χ0v) is 10.8. The van der Waals surface area contributed by atoms with Gasteiger partial charge in [-0.25, -0.2) is 4.98 Å². The Kier molecular flexibility index (Phi) is 3.82. The molecule has 0 spiro atoms. The molecule has 0 saturated heterocycles. The summed E-state index contributed by atoms with van der Waals surface area (Å²) >= 11 is 5.97. The highest BCUT2D eigenvalue weighted by molar-refractivity contribution is 6.30. The van der Waals surface area contributed by atoms with Crippen molar-refractivity contribution in [2.24, 2.45) is 0 Å². The third-order valence-electron chi connectivity index (χ3n) is 2.70. The maximum atomic E-state index is 5.97. The molecule has 1 aromatic carbocycles. The van der Waals surface area contributed by atoms with Crippen LogP contribution in [0.25, 0.3) is 11.4 Å². The molecule has 17 heavy (non-hydrogen) atoms. The van der Waals surface area contributed by atoms with Crippen LogP contribution in [0.1, 0.15) is 11.4 Å². The summed E-state index contributed by atoms with van der Waals surface area (Å²) in [6.45, 7) is 2.98. The lowest BCUT2D eigenvalue weighted by atomic mass is 10.2. The van der Waals surface area contributed by atoms with Gasteiger partial charge in [-0.2, -0.15) is 0 Å². The number of aryl methyl sites for hydroxylation is 1. The minimum absolute atomic E-state index is 0.730. The van der Waals surface area contributed by atoms with Gasteiger partial charge >= 0.3 is 0 Å². The first-order chi connectivity index (χ1) is 8.20. The van der Waals surface area contributed by atoms with Gasteiger partial charge in [0, 0.05) is 29.2 Å². The molecule has 90 valence electrons. The van der Waals surface area contributed by atoms with E-state index in [1.54, 1.807) is 0 Å². The number of H-pyrrole nitrogens is 1. The van der Waals surface area contributed by atoms with E-state index < -0.39 is 0 Å². The Labute approximate surface area is 106 Å². The lowest BCUT2D eigenvalue weighted by Crippen LogP contribution is -2.11. The largest absolute Gasteiger partial charge is 0.342 e. The van der Waals surface area contributed by atoms with Crippen LogP contribution in [0.3, 0.4) is 0 Å². The summed E-state index contributed by atoms with van der Waals surface area (Å²) in [5.41, 5.74) is 3.25. The van der Waals surface area contributed by atoms with Crippen molar-refractivity contribution in [2.45, 2.75) is 13.3 Å². The van der Waals surface area contributed by atoms with Gasteiger partial charge in [-0.05, 0) is 26.1 Å². The number of likely N-dealkylation sites (N-methyl/N-ethyl adjacent to an activating group) is 1. The molecule has 0 atom stereocenters. The summed E-state index contributed by atoms with van der Waals surface area (Å²) in [7, 11) is 1.94. The highest BCUT2D eigenvalue weighted by Gasteiger charge is 2.08. The molecule has 0 radical (unpaired) electrons. The zero-order chi connectivity index (χ0) is 12.3. The van der Waals surface area contributed by atoms with Crippen molar-refractivity contribution in [3.05, 3.63) is 40.7 Å². The second-order valence-electron chi connectivity index (χ2n) is 4.02. The first kappa shape index (κ1) is 12.1. The van der Waals surface area contributed by atoms with E-state index in [9.17, 15) is 0 Å². The third kappa shape index (κ3) is 2.87. The number of nitrogens with one attached hydrogen (secondary N) is 2. The van der Waals surface area contributed by atoms with Crippen molar-refractivity contribution in [1.29, 1.82) is 0 Å². The average Bonchev–Trinajstić information content (AvgIpc) is 2.68. The van der Waals surface area contributed by atoms with Crippen molar-refractivity contribution < 1.29 is 0 Å². The topological polar surface area (TPSA) is 40.7 Å². The summed E-state index contributed by atoms with van der Waals surface area (Å²) in [5.74, 6) is 0.885. The molecule has 1 heterocycles. The van der Waals surface area contributed by atoms with Crippen molar-refractivity contribution in [2.75, 3.05) is 13.6 Å². The van der Waals surface area contributed by atoms with Gasteiger partial charge < -0.3 is 10.3 Å². The number of hydrogen-bond donors (Lipinski definition) is 2. The fraction of sp³-hybridized carbons (Fsp3) is 0.308. The predicted octanol–water partition coefficient (Wildman–Crippen LogP) is 2.80. The van der Waals surface area contributed by atoms with Crippen LogP contribution in [0.2, 0.25) is 5.02 Å². The molecule has 0 aliphatic heterocycles. The molecular weight excluding hydrogens is 234 g/mol. The molecule has 0 fully saturated rings. The molecule has 2 aromatic rings. The van der Waals surface area contributed by atoms with Gasteiger partial charge in [-0.3, -0.25) is 0 Å². The third-order valence-corrected chi connectivity index (χ3v) is 2.93. The second-order valence-corrected chi connectivity index (χ2v) is 4.46. The first-order valence-corrected chi connectivity index (χ1v) is 6.04. The number of imidazole rings is 1. The Morgan fingerprint density at radius 1 is 1.41 bits per heavy atom. The fourth-order valence-electron chi connectivity index (χ4n) is 1.76. The minimum Gasteiger partial charge on any atom is -0.342 e. The van der Waals surface area contributed by atoms with Crippen LogP contribution < -0.4 is 5.32 Å². The summed E-state index contributed by atoms with van der Waals surface area (Å²) in [5, 5.41) is 3.86. The predicted molar refractivity (Wildman–Crippen MR) is 71.4 cm³/mol. The van der Waals surface area contributed by atoms with Gasteiger partial charge in [0.15, 0.2) is 0 Å². The fourth-order valence-corrected chi connectivity index (χ4v) is 1.95. The highest BCUT2D eigenvalue weighted by Crippen LogP contribution is 2.21. The van der Waals surface area contributed by atoms with Crippen LogP contribution in [0.5, 0.6) is 0 Å². The Bertz CT molecular complexity index is 505. The maximum absolute atomic E-state index is 5.97. The lowest BCUT2D eigenvalue weighted by Gasteiger charge is -1.97. The molecule has 0 bridgehead atoms. The van der Waals surface area contributed by atoms with E-state index in [4.69, 9.17) is 11.6 Å². The quantitative estimate of drug-likeness (QED) is 0.875. The molecule has 1 aromatic heterocycles. The van der Waals surface area contributed by atoms with Crippen LogP contribution in [0, 0.1) is 6.92 Å². The summed E-state index contributed by atoms with van der Waals surface area (Å²) in [6.07, 6.45) is 0.930. The van der Waals surface area contributed by atoms with Gasteiger partial charge in [0.2, 0.25) is 0 Å². The smallest absolute Gasteiger partial charge is 0.137 e. The number of benzene rings is 1. The SMILES string of the molecule is CNCCc1nc(-c2cccc(Cl)c2)[nH]c1C. The minimum atomic E-state index is 0.730. The normalized spacial score (nSPS) is 10.8. The lowest BCUT2D eigenvalue weighted by molar-refractivity contribution is 0.776. The van der Waals surface area contributed by atoms with E-state index in [0.29, 0.717) is 0 Å². The van der Waals surface area contributed by atoms with Gasteiger partial charge in [0.25, 0.3) is 0 Å². The molecule has 0 unspecified atom stereocenters. The number of nitrogens with zero attached hydrogens (tertiary/aromatic N) is 1. The number of hydrogen-bond acceptors (Lipinski definition) is 2. The molecule has 0 aliphatic rings. The van der Waals surface area contributed by atoms with E-state index in [1.165, 1.54) is 0 Å². The van der Waals surface area contributed by atoms with E-state index in [2.05, 4.69) is 15.3 Å². The van der Waals surface area contributed by atoms with Crippen molar-refractivity contribution in [3.63, 3.8) is 0 Å². The van der Waals surface area contributed by atoms with Crippen LogP contribution >= 0.6 is 11.6 Å². The van der Waals surface area contributed by atoms with Gasteiger partial charge in [0.05, 0.1) is 5.69 Å². The second kappa shape index (κ2) is 5.34. The first-order valence-electron chi connectivity index (χ1n) is 5.66. The average molecular weight is 250 g/mol. The van der Waals surface area contributed by atoms with Crippen LogP contribution in [0.15, 0.2) is 24.3 Å². The maximum Gasteiger partial charge on any atom is 0.137 e. The Hall–Kier alpha value is -1.32. The molecule has 3 nitrogen and oxygen atoms in total. The van der Waals surface area contributed by atoms with E-state index in [-0.39, 0.29) is 0 Å². The number of rotatable bonds is 4. The van der Waals surface area contributed by atoms with Crippen molar-refractivity contribution >= 4 is 11.6 Å². The summed E-state index contributed by atoms with van der Waals surface area (Å²) in [6, 6.07) is 7.72.